The molecule has 1 N–H and O–H groups in total. The van der Waals surface area contributed by atoms with Crippen LogP contribution in [0.1, 0.15) is 56.8 Å². The van der Waals surface area contributed by atoms with Crippen LogP contribution in [0.15, 0.2) is 20.2 Å². The minimum absolute atomic E-state index is 0.0189. The molecule has 8 nitrogen and oxygen atoms in total. The lowest BCUT2D eigenvalue weighted by molar-refractivity contribution is -0.126. The molecule has 2 aliphatic carbocycles. The molecule has 3 fully saturated rings. The fourth-order valence-electron chi connectivity index (χ4n) is 3.79. The van der Waals surface area contributed by atoms with Gasteiger partial charge in [-0.1, -0.05) is 11.6 Å². The Bertz CT molecular complexity index is 1010. The Morgan fingerprint density at radius 3 is 2.76 bits per heavy atom. The van der Waals surface area contributed by atoms with Crippen molar-refractivity contribution in [1.29, 1.82) is 0 Å². The SMILES string of the molecule is O=C(NC1CC1)C1CCCN(S(=O)(=O)c2cc(-c3noc(C4CCC4)n3)cs2)C1. The second-order valence-corrected chi connectivity index (χ2v) is 11.3. The third kappa shape index (κ3) is 3.85. The quantitative estimate of drug-likeness (QED) is 0.746. The molecular weight excluding hydrogens is 412 g/mol. The Kier molecular flexibility index (Phi) is 4.95. The summed E-state index contributed by atoms with van der Waals surface area (Å²) in [7, 11) is -3.65. The van der Waals surface area contributed by atoms with Crippen LogP contribution in [0.5, 0.6) is 0 Å². The summed E-state index contributed by atoms with van der Waals surface area (Å²) in [5.41, 5.74) is 0.655. The zero-order valence-corrected chi connectivity index (χ0v) is 17.7. The van der Waals surface area contributed by atoms with E-state index in [4.69, 9.17) is 4.52 Å². The second-order valence-electron chi connectivity index (χ2n) is 8.22. The van der Waals surface area contributed by atoms with E-state index >= 15 is 0 Å². The number of nitrogens with one attached hydrogen (secondary N) is 1. The lowest BCUT2D eigenvalue weighted by Gasteiger charge is -2.30. The summed E-state index contributed by atoms with van der Waals surface area (Å²) in [6.45, 7) is 0.680. The number of hydrogen-bond acceptors (Lipinski definition) is 7. The molecule has 2 aromatic heterocycles. The number of carbonyl (C=O) groups excluding carboxylic acids is 1. The maximum absolute atomic E-state index is 13.1. The predicted octanol–water partition coefficient (Wildman–Crippen LogP) is 2.74. The standard InChI is InChI=1S/C19H24N4O4S2/c24-18(20-15-6-7-15)13-5-2-8-23(10-13)29(25,26)16-9-14(11-28-16)17-21-19(27-22-17)12-3-1-4-12/h9,11-13,15H,1-8,10H2,(H,20,24). The van der Waals surface area contributed by atoms with Crippen molar-refractivity contribution in [2.45, 2.75) is 61.1 Å². The number of sulfonamides is 1. The number of hydrogen-bond donors (Lipinski definition) is 1. The highest BCUT2D eigenvalue weighted by Crippen LogP contribution is 2.37. The highest BCUT2D eigenvalue weighted by Gasteiger charge is 2.36. The van der Waals surface area contributed by atoms with E-state index < -0.39 is 10.0 Å². The molecule has 2 aromatic rings. The van der Waals surface area contributed by atoms with E-state index in [0.717, 1.165) is 43.4 Å². The van der Waals surface area contributed by atoms with E-state index in [-0.39, 0.29) is 28.6 Å². The monoisotopic (exact) mass is 436 g/mol. The highest BCUT2D eigenvalue weighted by molar-refractivity contribution is 7.91. The van der Waals surface area contributed by atoms with Gasteiger partial charge in [-0.2, -0.15) is 9.29 Å². The number of thiophene rings is 1. The summed E-state index contributed by atoms with van der Waals surface area (Å²) in [6, 6.07) is 1.90. The number of rotatable bonds is 6. The predicted molar refractivity (Wildman–Crippen MR) is 107 cm³/mol. The molecule has 10 heteroatoms. The van der Waals surface area contributed by atoms with E-state index in [9.17, 15) is 13.2 Å². The summed E-state index contributed by atoms with van der Waals surface area (Å²) in [5.74, 6) is 1.12. The first-order valence-corrected chi connectivity index (χ1v) is 12.6. The second kappa shape index (κ2) is 7.48. The smallest absolute Gasteiger partial charge is 0.252 e. The van der Waals surface area contributed by atoms with Gasteiger partial charge in [0.15, 0.2) is 0 Å². The molecule has 1 saturated heterocycles. The van der Waals surface area contributed by atoms with Crippen LogP contribution < -0.4 is 5.32 Å². The molecular formula is C19H24N4O4S2. The van der Waals surface area contributed by atoms with Crippen molar-refractivity contribution in [3.05, 3.63) is 17.3 Å². The van der Waals surface area contributed by atoms with Gasteiger partial charge < -0.3 is 9.84 Å². The third-order valence-electron chi connectivity index (χ3n) is 6.00. The zero-order valence-electron chi connectivity index (χ0n) is 16.0. The van der Waals surface area contributed by atoms with Crippen LogP contribution in [0.3, 0.4) is 0 Å². The Labute approximate surface area is 173 Å². The van der Waals surface area contributed by atoms with Crippen molar-refractivity contribution in [2.24, 2.45) is 5.92 Å². The fraction of sp³-hybridized carbons (Fsp3) is 0.632. The summed E-state index contributed by atoms with van der Waals surface area (Å²) < 4.78 is 33.3. The molecule has 2 saturated carbocycles. The van der Waals surface area contributed by atoms with E-state index in [1.54, 1.807) is 11.4 Å². The number of aromatic nitrogens is 2. The summed E-state index contributed by atoms with van der Waals surface area (Å²) >= 11 is 1.16. The highest BCUT2D eigenvalue weighted by atomic mass is 32.2. The fourth-order valence-corrected chi connectivity index (χ4v) is 6.63. The summed E-state index contributed by atoms with van der Waals surface area (Å²) in [6.07, 6.45) is 6.78. The molecule has 156 valence electrons. The molecule has 1 atom stereocenters. The number of carbonyl (C=O) groups is 1. The van der Waals surface area contributed by atoms with Gasteiger partial charge in [0.05, 0.1) is 5.92 Å². The van der Waals surface area contributed by atoms with Crippen molar-refractivity contribution in [3.8, 4) is 11.4 Å². The molecule has 0 radical (unpaired) electrons. The molecule has 0 aromatic carbocycles. The molecule has 0 bridgehead atoms. The Morgan fingerprint density at radius 1 is 1.21 bits per heavy atom. The normalized spacial score (nSPS) is 23.7. The van der Waals surface area contributed by atoms with E-state index in [1.807, 2.05) is 0 Å². The average Bonchev–Trinajstić information content (AvgIpc) is 3.15. The van der Waals surface area contributed by atoms with Crippen LogP contribution >= 0.6 is 11.3 Å². The van der Waals surface area contributed by atoms with Crippen LogP contribution in [-0.2, 0) is 14.8 Å². The maximum Gasteiger partial charge on any atom is 0.252 e. The molecule has 29 heavy (non-hydrogen) atoms. The number of piperidine rings is 1. The van der Waals surface area contributed by atoms with E-state index in [0.29, 0.717) is 36.2 Å². The van der Waals surface area contributed by atoms with Crippen LogP contribution in [0.2, 0.25) is 0 Å². The Morgan fingerprint density at radius 2 is 2.03 bits per heavy atom. The van der Waals surface area contributed by atoms with Gasteiger partial charge in [-0.3, -0.25) is 4.79 Å². The zero-order chi connectivity index (χ0) is 20.0. The molecule has 1 amide bonds. The van der Waals surface area contributed by atoms with Gasteiger partial charge >= 0.3 is 0 Å². The third-order valence-corrected chi connectivity index (χ3v) is 9.28. The van der Waals surface area contributed by atoms with Crippen molar-refractivity contribution < 1.29 is 17.7 Å². The first-order valence-electron chi connectivity index (χ1n) is 10.2. The largest absolute Gasteiger partial charge is 0.353 e. The van der Waals surface area contributed by atoms with Crippen molar-refractivity contribution in [2.75, 3.05) is 13.1 Å². The maximum atomic E-state index is 13.1. The van der Waals surface area contributed by atoms with E-state index in [1.165, 1.54) is 10.7 Å². The van der Waals surface area contributed by atoms with Crippen molar-refractivity contribution in [3.63, 3.8) is 0 Å². The Balaban J connectivity index is 1.30. The number of amides is 1. The van der Waals surface area contributed by atoms with Gasteiger partial charge in [0.2, 0.25) is 17.6 Å². The topological polar surface area (TPSA) is 105 Å². The first kappa shape index (κ1) is 19.2. The number of nitrogens with zero attached hydrogens (tertiary/aromatic N) is 3. The Hall–Kier alpha value is -1.78. The minimum atomic E-state index is -3.65. The van der Waals surface area contributed by atoms with E-state index in [2.05, 4.69) is 15.5 Å². The van der Waals surface area contributed by atoms with Gasteiger partial charge in [-0.05, 0) is 44.6 Å². The van der Waals surface area contributed by atoms with Crippen molar-refractivity contribution in [1.82, 2.24) is 19.8 Å². The van der Waals surface area contributed by atoms with Gasteiger partial charge in [-0.15, -0.1) is 11.3 Å². The van der Waals surface area contributed by atoms with Crippen LogP contribution in [0.4, 0.5) is 0 Å². The van der Waals surface area contributed by atoms with Gasteiger partial charge in [0.25, 0.3) is 10.0 Å². The molecule has 1 aliphatic heterocycles. The first-order chi connectivity index (χ1) is 14.0. The van der Waals surface area contributed by atoms with Gasteiger partial charge in [0.1, 0.15) is 4.21 Å². The van der Waals surface area contributed by atoms with Crippen LogP contribution in [0, 0.1) is 5.92 Å². The lowest BCUT2D eigenvalue weighted by Crippen LogP contribution is -2.45. The average molecular weight is 437 g/mol. The van der Waals surface area contributed by atoms with Crippen molar-refractivity contribution >= 4 is 27.3 Å². The molecule has 1 unspecified atom stereocenters. The molecule has 3 aliphatic rings. The lowest BCUT2D eigenvalue weighted by atomic mass is 9.85. The molecule has 5 rings (SSSR count). The van der Waals surface area contributed by atoms with Gasteiger partial charge in [0, 0.05) is 36.0 Å². The van der Waals surface area contributed by atoms with Crippen LogP contribution in [-0.4, -0.2) is 47.9 Å². The summed E-state index contributed by atoms with van der Waals surface area (Å²) in [4.78, 5) is 16.8. The van der Waals surface area contributed by atoms with Gasteiger partial charge in [-0.25, -0.2) is 8.42 Å². The summed E-state index contributed by atoms with van der Waals surface area (Å²) in [5, 5.41) is 8.78. The van der Waals surface area contributed by atoms with Crippen LogP contribution in [0.25, 0.3) is 11.4 Å². The molecule has 0 spiro atoms. The molecule has 3 heterocycles. The minimum Gasteiger partial charge on any atom is -0.353 e.